The summed E-state index contributed by atoms with van der Waals surface area (Å²) in [7, 11) is -3.35. The third kappa shape index (κ3) is 4.82. The van der Waals surface area contributed by atoms with E-state index in [0.717, 1.165) is 54.5 Å². The van der Waals surface area contributed by atoms with Gasteiger partial charge < -0.3 is 15.0 Å². The Balaban J connectivity index is 1.38. The Morgan fingerprint density at radius 1 is 1.00 bits per heavy atom. The van der Waals surface area contributed by atoms with E-state index >= 15 is 0 Å². The molecule has 9 nitrogen and oxygen atoms in total. The highest BCUT2D eigenvalue weighted by Crippen LogP contribution is 2.26. The maximum Gasteiger partial charge on any atom is 0.245 e. The lowest BCUT2D eigenvalue weighted by molar-refractivity contribution is 0.122. The monoisotopic (exact) mass is 478 g/mol. The summed E-state index contributed by atoms with van der Waals surface area (Å²) in [6.45, 7) is 4.89. The van der Waals surface area contributed by atoms with E-state index in [9.17, 15) is 8.42 Å². The molecule has 0 spiro atoms. The largest absolute Gasteiger partial charge is 0.378 e. The Morgan fingerprint density at radius 2 is 1.79 bits per heavy atom. The van der Waals surface area contributed by atoms with Crippen LogP contribution in [0, 0.1) is 0 Å². The molecule has 2 N–H and O–H groups in total. The number of nitrogens with zero attached hydrogens (tertiary/aromatic N) is 4. The summed E-state index contributed by atoms with van der Waals surface area (Å²) in [6, 6.07) is 19.3. The number of anilines is 4. The van der Waals surface area contributed by atoms with E-state index in [1.807, 2.05) is 36.4 Å². The van der Waals surface area contributed by atoms with Crippen LogP contribution in [0.5, 0.6) is 0 Å². The fourth-order valence-electron chi connectivity index (χ4n) is 3.88. The number of sulfonamides is 1. The number of rotatable bonds is 7. The summed E-state index contributed by atoms with van der Waals surface area (Å²) in [5.41, 5.74) is 5.08. The van der Waals surface area contributed by atoms with Crippen molar-refractivity contribution in [2.24, 2.45) is 0 Å². The summed E-state index contributed by atoms with van der Waals surface area (Å²) in [4.78, 5) is 6.74. The molecule has 34 heavy (non-hydrogen) atoms. The second-order valence-corrected chi connectivity index (χ2v) is 10.0. The quantitative estimate of drug-likeness (QED) is 0.417. The molecule has 0 atom stereocenters. The minimum Gasteiger partial charge on any atom is -0.378 e. The van der Waals surface area contributed by atoms with Crippen LogP contribution in [0.25, 0.3) is 16.8 Å². The third-order valence-corrected chi connectivity index (χ3v) is 7.02. The van der Waals surface area contributed by atoms with Gasteiger partial charge >= 0.3 is 0 Å². The van der Waals surface area contributed by atoms with Gasteiger partial charge in [-0.05, 0) is 55.5 Å². The summed E-state index contributed by atoms with van der Waals surface area (Å²) >= 11 is 0. The molecule has 0 bridgehead atoms. The van der Waals surface area contributed by atoms with Crippen LogP contribution in [-0.2, 0) is 14.8 Å². The van der Waals surface area contributed by atoms with E-state index in [2.05, 4.69) is 37.2 Å². The van der Waals surface area contributed by atoms with Crippen molar-refractivity contribution in [1.29, 1.82) is 0 Å². The maximum absolute atomic E-state index is 12.0. The van der Waals surface area contributed by atoms with E-state index in [1.165, 1.54) is 0 Å². The number of benzene rings is 2. The van der Waals surface area contributed by atoms with Gasteiger partial charge in [0.2, 0.25) is 16.0 Å². The molecule has 3 heterocycles. The minimum atomic E-state index is -3.35. The predicted molar refractivity (Wildman–Crippen MR) is 134 cm³/mol. The number of aromatic nitrogens is 3. The lowest BCUT2D eigenvalue weighted by atomic mass is 10.1. The van der Waals surface area contributed by atoms with Gasteiger partial charge in [0.15, 0.2) is 0 Å². The van der Waals surface area contributed by atoms with Gasteiger partial charge in [-0.1, -0.05) is 12.1 Å². The molecule has 0 amide bonds. The van der Waals surface area contributed by atoms with E-state index in [4.69, 9.17) is 4.74 Å². The van der Waals surface area contributed by atoms with Crippen LogP contribution >= 0.6 is 0 Å². The first-order chi connectivity index (χ1) is 16.5. The number of hydrogen-bond donors (Lipinski definition) is 2. The third-order valence-electron chi connectivity index (χ3n) is 5.71. The van der Waals surface area contributed by atoms with Crippen molar-refractivity contribution in [2.45, 2.75) is 6.92 Å². The second kappa shape index (κ2) is 9.32. The van der Waals surface area contributed by atoms with Crippen molar-refractivity contribution >= 4 is 38.6 Å². The predicted octanol–water partition coefficient (Wildman–Crippen LogP) is 3.74. The first-order valence-corrected chi connectivity index (χ1v) is 12.8. The molecule has 2 aromatic carbocycles. The van der Waals surface area contributed by atoms with Crippen molar-refractivity contribution in [2.75, 3.05) is 47.0 Å². The van der Waals surface area contributed by atoms with Gasteiger partial charge in [0.05, 0.1) is 36.4 Å². The Morgan fingerprint density at radius 3 is 2.56 bits per heavy atom. The molecule has 1 fully saturated rings. The average molecular weight is 479 g/mol. The lowest BCUT2D eigenvalue weighted by Crippen LogP contribution is -2.36. The van der Waals surface area contributed by atoms with E-state index < -0.39 is 10.0 Å². The van der Waals surface area contributed by atoms with Crippen LogP contribution < -0.4 is 14.9 Å². The van der Waals surface area contributed by atoms with Crippen LogP contribution in [0.3, 0.4) is 0 Å². The number of hydrogen-bond acceptors (Lipinski definition) is 7. The number of nitrogens with one attached hydrogen (secondary N) is 2. The van der Waals surface area contributed by atoms with Gasteiger partial charge in [-0.3, -0.25) is 4.72 Å². The van der Waals surface area contributed by atoms with Crippen LogP contribution in [0.4, 0.5) is 23.0 Å². The SMILES string of the molecule is CCS(=O)(=O)Nc1cccc(-c2ccc3cnc(Nc4ccc(N5CCOCC5)cc4)nn23)c1. The first kappa shape index (κ1) is 22.2. The van der Waals surface area contributed by atoms with Crippen LogP contribution in [-0.4, -0.2) is 55.1 Å². The summed E-state index contributed by atoms with van der Waals surface area (Å²) in [5, 5.41) is 7.94. The Kier molecular flexibility index (Phi) is 6.08. The molecule has 0 unspecified atom stereocenters. The Labute approximate surface area is 198 Å². The van der Waals surface area contributed by atoms with Gasteiger partial charge in [-0.25, -0.2) is 17.9 Å². The fourth-order valence-corrected chi connectivity index (χ4v) is 4.51. The smallest absolute Gasteiger partial charge is 0.245 e. The molecular weight excluding hydrogens is 452 g/mol. The van der Waals surface area contributed by atoms with Gasteiger partial charge in [0.1, 0.15) is 0 Å². The van der Waals surface area contributed by atoms with Crippen LogP contribution in [0.1, 0.15) is 6.92 Å². The molecule has 1 aliphatic rings. The molecule has 176 valence electrons. The van der Waals surface area contributed by atoms with Crippen LogP contribution in [0.2, 0.25) is 0 Å². The number of morpholine rings is 1. The Hall–Kier alpha value is -3.63. The standard InChI is InChI=1S/C24H26N6O3S/c1-2-34(31,32)28-20-5-3-4-18(16-20)23-11-10-22-17-25-24(27-30(22)23)26-19-6-8-21(9-7-19)29-12-14-33-15-13-29/h3-11,16-17,28H,2,12-15H2,1H3,(H,26,27). The van der Waals surface area contributed by atoms with Crippen LogP contribution in [0.15, 0.2) is 66.9 Å². The van der Waals surface area contributed by atoms with Crippen molar-refractivity contribution < 1.29 is 13.2 Å². The van der Waals surface area contributed by atoms with E-state index in [1.54, 1.807) is 29.8 Å². The molecule has 5 rings (SSSR count). The minimum absolute atomic E-state index is 0.0148. The van der Waals surface area contributed by atoms with Crippen molar-refractivity contribution in [3.8, 4) is 11.3 Å². The van der Waals surface area contributed by atoms with E-state index in [-0.39, 0.29) is 5.75 Å². The molecule has 1 aliphatic heterocycles. The highest BCUT2D eigenvalue weighted by atomic mass is 32.2. The molecule has 1 saturated heterocycles. The molecule has 0 radical (unpaired) electrons. The number of ether oxygens (including phenoxy) is 1. The molecule has 2 aromatic heterocycles. The zero-order valence-electron chi connectivity index (χ0n) is 18.8. The average Bonchev–Trinajstić information content (AvgIpc) is 3.28. The lowest BCUT2D eigenvalue weighted by Gasteiger charge is -2.28. The summed E-state index contributed by atoms with van der Waals surface area (Å²) in [6.07, 6.45) is 1.75. The van der Waals surface area contributed by atoms with E-state index in [0.29, 0.717) is 11.6 Å². The van der Waals surface area contributed by atoms with Gasteiger partial charge in [-0.2, -0.15) is 0 Å². The van der Waals surface area contributed by atoms with Gasteiger partial charge in [-0.15, -0.1) is 5.10 Å². The van der Waals surface area contributed by atoms with Crippen molar-refractivity contribution in [3.63, 3.8) is 0 Å². The van der Waals surface area contributed by atoms with Gasteiger partial charge in [0.25, 0.3) is 0 Å². The topological polar surface area (TPSA) is 101 Å². The second-order valence-electron chi connectivity index (χ2n) is 7.99. The van der Waals surface area contributed by atoms with Crippen molar-refractivity contribution in [1.82, 2.24) is 14.6 Å². The Bertz CT molecular complexity index is 1400. The molecule has 4 aromatic rings. The zero-order chi connectivity index (χ0) is 23.5. The van der Waals surface area contributed by atoms with Crippen molar-refractivity contribution in [3.05, 3.63) is 66.9 Å². The van der Waals surface area contributed by atoms with Gasteiger partial charge in [0, 0.05) is 35.7 Å². The normalized spacial score (nSPS) is 14.3. The summed E-state index contributed by atoms with van der Waals surface area (Å²) < 4.78 is 33.7. The fraction of sp³-hybridized carbons (Fsp3) is 0.250. The highest BCUT2D eigenvalue weighted by Gasteiger charge is 2.13. The maximum atomic E-state index is 12.0. The molecule has 10 heteroatoms. The molecule has 0 saturated carbocycles. The number of fused-ring (bicyclic) bond motifs is 1. The first-order valence-electron chi connectivity index (χ1n) is 11.2. The highest BCUT2D eigenvalue weighted by molar-refractivity contribution is 7.92. The zero-order valence-corrected chi connectivity index (χ0v) is 19.6. The summed E-state index contributed by atoms with van der Waals surface area (Å²) in [5.74, 6) is 0.480. The molecular formula is C24H26N6O3S. The molecule has 0 aliphatic carbocycles.